The maximum absolute atomic E-state index is 11.2. The molecule has 1 unspecified atom stereocenters. The highest BCUT2D eigenvalue weighted by molar-refractivity contribution is 5.02. The highest BCUT2D eigenvalue weighted by Gasteiger charge is 2.15. The lowest BCUT2D eigenvalue weighted by Gasteiger charge is -2.08. The van der Waals surface area contributed by atoms with Gasteiger partial charge in [0.05, 0.1) is 6.61 Å². The summed E-state index contributed by atoms with van der Waals surface area (Å²) in [7, 11) is 0. The number of aromatic nitrogens is 2. The van der Waals surface area contributed by atoms with Crippen LogP contribution in [-0.2, 0) is 0 Å². The van der Waals surface area contributed by atoms with Gasteiger partial charge in [-0.05, 0) is 13.0 Å². The highest BCUT2D eigenvalue weighted by Crippen LogP contribution is 2.08. The Morgan fingerprint density at radius 2 is 2.57 bits per heavy atom. The van der Waals surface area contributed by atoms with Crippen LogP contribution in [0.25, 0.3) is 0 Å². The number of H-pyrrole nitrogens is 1. The summed E-state index contributed by atoms with van der Waals surface area (Å²) in [6.07, 6.45) is 4.11. The van der Waals surface area contributed by atoms with Gasteiger partial charge in [-0.1, -0.05) is 0 Å². The first-order valence-electron chi connectivity index (χ1n) is 4.73. The molecule has 0 bridgehead atoms. The van der Waals surface area contributed by atoms with Gasteiger partial charge in [-0.15, -0.1) is 0 Å². The predicted molar refractivity (Wildman–Crippen MR) is 51.3 cm³/mol. The lowest BCUT2D eigenvalue weighted by molar-refractivity contribution is 0.247. The number of rotatable bonds is 3. The maximum Gasteiger partial charge on any atom is 0.310 e. The van der Waals surface area contributed by atoms with Crippen molar-refractivity contribution in [2.24, 2.45) is 5.92 Å². The summed E-state index contributed by atoms with van der Waals surface area (Å²) >= 11 is 0. The SMILES string of the molecule is O=c1[nH]ccnc1OCC1CCNC1. The monoisotopic (exact) mass is 195 g/mol. The van der Waals surface area contributed by atoms with Crippen molar-refractivity contribution < 1.29 is 4.74 Å². The van der Waals surface area contributed by atoms with Gasteiger partial charge in [-0.3, -0.25) is 4.79 Å². The highest BCUT2D eigenvalue weighted by atomic mass is 16.5. The van der Waals surface area contributed by atoms with Crippen LogP contribution in [0.5, 0.6) is 5.88 Å². The van der Waals surface area contributed by atoms with Gasteiger partial charge in [0.1, 0.15) is 0 Å². The Labute approximate surface area is 81.5 Å². The fraction of sp³-hybridized carbons (Fsp3) is 0.556. The topological polar surface area (TPSA) is 67.0 Å². The predicted octanol–water partition coefficient (Wildman–Crippen LogP) is -0.242. The van der Waals surface area contributed by atoms with E-state index in [1.807, 2.05) is 0 Å². The smallest absolute Gasteiger partial charge is 0.310 e. The summed E-state index contributed by atoms with van der Waals surface area (Å²) in [5.74, 6) is 0.663. The fourth-order valence-corrected chi connectivity index (χ4v) is 1.49. The molecule has 2 N–H and O–H groups in total. The summed E-state index contributed by atoms with van der Waals surface area (Å²) in [6, 6.07) is 0. The molecule has 14 heavy (non-hydrogen) atoms. The van der Waals surface area contributed by atoms with Crippen LogP contribution in [0.3, 0.4) is 0 Å². The average molecular weight is 195 g/mol. The third-order valence-electron chi connectivity index (χ3n) is 2.29. The Morgan fingerprint density at radius 1 is 1.64 bits per heavy atom. The van der Waals surface area contributed by atoms with Gasteiger partial charge < -0.3 is 15.0 Å². The molecule has 0 aromatic carbocycles. The average Bonchev–Trinajstić information content (AvgIpc) is 2.69. The van der Waals surface area contributed by atoms with Crippen molar-refractivity contribution in [3.8, 4) is 5.88 Å². The standard InChI is InChI=1S/C9H13N3O2/c13-8-9(12-4-3-11-8)14-6-7-1-2-10-5-7/h3-4,7,10H,1-2,5-6H2,(H,11,13). The van der Waals surface area contributed by atoms with E-state index in [-0.39, 0.29) is 11.4 Å². The Balaban J connectivity index is 1.91. The number of aromatic amines is 1. The van der Waals surface area contributed by atoms with Gasteiger partial charge >= 0.3 is 5.56 Å². The second kappa shape index (κ2) is 4.23. The first-order chi connectivity index (χ1) is 6.86. The van der Waals surface area contributed by atoms with Gasteiger partial charge in [0.2, 0.25) is 0 Å². The Bertz CT molecular complexity index is 344. The summed E-state index contributed by atoms with van der Waals surface area (Å²) in [6.45, 7) is 2.56. The first-order valence-corrected chi connectivity index (χ1v) is 4.73. The molecule has 1 aliphatic rings. The van der Waals surface area contributed by atoms with E-state index in [0.29, 0.717) is 12.5 Å². The minimum atomic E-state index is -0.265. The molecule has 0 spiro atoms. The van der Waals surface area contributed by atoms with Crippen molar-refractivity contribution >= 4 is 0 Å². The zero-order valence-corrected chi connectivity index (χ0v) is 7.82. The molecule has 1 fully saturated rings. The summed E-state index contributed by atoms with van der Waals surface area (Å²) in [5, 5.41) is 3.24. The summed E-state index contributed by atoms with van der Waals surface area (Å²) in [5.41, 5.74) is -0.265. The molecule has 0 aliphatic carbocycles. The van der Waals surface area contributed by atoms with Crippen molar-refractivity contribution in [2.75, 3.05) is 19.7 Å². The van der Waals surface area contributed by atoms with Gasteiger partial charge in [-0.2, -0.15) is 0 Å². The molecule has 1 aliphatic heterocycles. The minimum Gasteiger partial charge on any atom is -0.473 e. The molecule has 5 nitrogen and oxygen atoms in total. The lowest BCUT2D eigenvalue weighted by Crippen LogP contribution is -2.19. The number of nitrogens with zero attached hydrogens (tertiary/aromatic N) is 1. The van der Waals surface area contributed by atoms with E-state index in [4.69, 9.17) is 4.74 Å². The molecule has 1 aromatic rings. The second-order valence-electron chi connectivity index (χ2n) is 3.39. The van der Waals surface area contributed by atoms with Gasteiger partial charge in [0, 0.05) is 24.9 Å². The molecule has 2 heterocycles. The van der Waals surface area contributed by atoms with E-state index < -0.39 is 0 Å². The molecule has 1 atom stereocenters. The molecular formula is C9H13N3O2. The number of hydrogen-bond acceptors (Lipinski definition) is 4. The maximum atomic E-state index is 11.2. The fourth-order valence-electron chi connectivity index (χ4n) is 1.49. The molecular weight excluding hydrogens is 182 g/mol. The molecule has 5 heteroatoms. The number of hydrogen-bond donors (Lipinski definition) is 2. The van der Waals surface area contributed by atoms with Crippen LogP contribution in [0, 0.1) is 5.92 Å². The van der Waals surface area contributed by atoms with Crippen molar-refractivity contribution in [3.05, 3.63) is 22.7 Å². The molecule has 2 rings (SSSR count). The van der Waals surface area contributed by atoms with Crippen LogP contribution in [-0.4, -0.2) is 29.7 Å². The van der Waals surface area contributed by atoms with Crippen molar-refractivity contribution in [1.82, 2.24) is 15.3 Å². The van der Waals surface area contributed by atoms with Crippen molar-refractivity contribution in [3.63, 3.8) is 0 Å². The van der Waals surface area contributed by atoms with Crippen LogP contribution in [0.15, 0.2) is 17.2 Å². The van der Waals surface area contributed by atoms with Gasteiger partial charge in [0.25, 0.3) is 5.88 Å². The molecule has 0 radical (unpaired) electrons. The quantitative estimate of drug-likeness (QED) is 0.698. The van der Waals surface area contributed by atoms with Crippen LogP contribution in [0.1, 0.15) is 6.42 Å². The van der Waals surface area contributed by atoms with E-state index in [2.05, 4.69) is 15.3 Å². The van der Waals surface area contributed by atoms with Crippen LogP contribution in [0.4, 0.5) is 0 Å². The van der Waals surface area contributed by atoms with E-state index in [1.54, 1.807) is 0 Å². The van der Waals surface area contributed by atoms with Crippen molar-refractivity contribution in [1.29, 1.82) is 0 Å². The van der Waals surface area contributed by atoms with Crippen molar-refractivity contribution in [2.45, 2.75) is 6.42 Å². The third kappa shape index (κ3) is 2.11. The normalized spacial score (nSPS) is 21.0. The lowest BCUT2D eigenvalue weighted by atomic mass is 10.1. The van der Waals surface area contributed by atoms with Crippen LogP contribution >= 0.6 is 0 Å². The van der Waals surface area contributed by atoms with E-state index >= 15 is 0 Å². The van der Waals surface area contributed by atoms with Crippen LogP contribution < -0.4 is 15.6 Å². The molecule has 1 saturated heterocycles. The Morgan fingerprint density at radius 3 is 3.29 bits per heavy atom. The zero-order chi connectivity index (χ0) is 9.80. The minimum absolute atomic E-state index is 0.166. The van der Waals surface area contributed by atoms with Gasteiger partial charge in [-0.25, -0.2) is 4.98 Å². The summed E-state index contributed by atoms with van der Waals surface area (Å²) in [4.78, 5) is 17.5. The number of ether oxygens (including phenoxy) is 1. The Hall–Kier alpha value is -1.36. The molecule has 0 saturated carbocycles. The van der Waals surface area contributed by atoms with Crippen LogP contribution in [0.2, 0.25) is 0 Å². The van der Waals surface area contributed by atoms with Gasteiger partial charge in [0.15, 0.2) is 0 Å². The van der Waals surface area contributed by atoms with E-state index in [0.717, 1.165) is 19.5 Å². The van der Waals surface area contributed by atoms with E-state index in [9.17, 15) is 4.79 Å². The first kappa shape index (κ1) is 9.21. The molecule has 76 valence electrons. The third-order valence-corrected chi connectivity index (χ3v) is 2.29. The molecule has 1 aromatic heterocycles. The largest absolute Gasteiger partial charge is 0.473 e. The Kier molecular flexibility index (Phi) is 2.78. The van der Waals surface area contributed by atoms with E-state index in [1.165, 1.54) is 12.4 Å². The zero-order valence-electron chi connectivity index (χ0n) is 7.82. The second-order valence-corrected chi connectivity index (χ2v) is 3.39. The molecule has 0 amide bonds. The summed E-state index contributed by atoms with van der Waals surface area (Å²) < 4.78 is 5.33. The number of nitrogens with one attached hydrogen (secondary N) is 2.